The summed E-state index contributed by atoms with van der Waals surface area (Å²) in [7, 11) is 3.89. The highest BCUT2D eigenvalue weighted by molar-refractivity contribution is 5.80. The van der Waals surface area contributed by atoms with Gasteiger partial charge in [-0.15, -0.1) is 0 Å². The molecule has 3 aliphatic rings. The number of benzene rings is 1. The molecule has 0 N–H and O–H groups in total. The van der Waals surface area contributed by atoms with E-state index < -0.39 is 0 Å². The van der Waals surface area contributed by atoms with E-state index in [9.17, 15) is 0 Å². The molecule has 5 heteroatoms. The molecule has 5 rings (SSSR count). The number of piperidine rings is 1. The lowest BCUT2D eigenvalue weighted by Gasteiger charge is -2.41. The molecule has 1 saturated heterocycles. The van der Waals surface area contributed by atoms with Gasteiger partial charge in [0.15, 0.2) is 0 Å². The number of likely N-dealkylation sites (N-methyl/N-ethyl adjacent to an activating group) is 1. The molecular formula is C23H26N4O. The summed E-state index contributed by atoms with van der Waals surface area (Å²) >= 11 is 0. The Morgan fingerprint density at radius 2 is 2.14 bits per heavy atom. The number of methoxy groups -OCH3 is 1. The minimum atomic E-state index is 0.588. The van der Waals surface area contributed by atoms with Crippen molar-refractivity contribution in [1.29, 1.82) is 0 Å². The second-order valence-electron chi connectivity index (χ2n) is 7.91. The van der Waals surface area contributed by atoms with Crippen molar-refractivity contribution < 1.29 is 4.74 Å². The first-order chi connectivity index (χ1) is 13.8. The molecule has 0 radical (unpaired) electrons. The molecule has 0 amide bonds. The predicted molar refractivity (Wildman–Crippen MR) is 112 cm³/mol. The van der Waals surface area contributed by atoms with Crippen LogP contribution in [-0.4, -0.2) is 62.8 Å². The fraction of sp³-hybridized carbons (Fsp3) is 0.435. The Morgan fingerprint density at radius 1 is 1.21 bits per heavy atom. The van der Waals surface area contributed by atoms with Gasteiger partial charge in [0.1, 0.15) is 5.75 Å². The van der Waals surface area contributed by atoms with E-state index in [4.69, 9.17) is 4.74 Å². The monoisotopic (exact) mass is 374 g/mol. The molecule has 0 bridgehead atoms. The third-order valence-electron chi connectivity index (χ3n) is 6.41. The van der Waals surface area contributed by atoms with E-state index in [0.717, 1.165) is 44.0 Å². The summed E-state index contributed by atoms with van der Waals surface area (Å²) in [5.74, 6) is 7.96. The van der Waals surface area contributed by atoms with Gasteiger partial charge in [0.2, 0.25) is 0 Å². The number of hydrogen-bond donors (Lipinski definition) is 0. The SMILES string of the molecule is COc1ccncc1C#CCN1CC[C@H]2[C@@H](C1)c1cccc3c1N2CCN3C. The summed E-state index contributed by atoms with van der Waals surface area (Å²) < 4.78 is 5.37. The molecule has 0 saturated carbocycles. The highest BCUT2D eigenvalue weighted by Gasteiger charge is 2.44. The maximum Gasteiger partial charge on any atom is 0.137 e. The minimum Gasteiger partial charge on any atom is -0.495 e. The quantitative estimate of drug-likeness (QED) is 0.755. The lowest BCUT2D eigenvalue weighted by molar-refractivity contribution is 0.214. The van der Waals surface area contributed by atoms with Crippen LogP contribution in [0.5, 0.6) is 5.75 Å². The number of para-hydroxylation sites is 1. The number of rotatable bonds is 2. The molecular weight excluding hydrogens is 348 g/mol. The standard InChI is InChI=1S/C23H26N4O/c1-25-13-14-27-20-9-12-26(11-4-5-17-15-24-10-8-22(17)28-2)16-19(20)18-6-3-7-21(25)23(18)27/h3,6-8,10,15,19-20H,9,11-14,16H2,1-2H3/t19-,20-/m0/s1. The first-order valence-corrected chi connectivity index (χ1v) is 10.1. The van der Waals surface area contributed by atoms with E-state index in [1.54, 1.807) is 19.5 Å². The van der Waals surface area contributed by atoms with Gasteiger partial charge < -0.3 is 14.5 Å². The number of nitrogens with zero attached hydrogens (tertiary/aromatic N) is 4. The summed E-state index contributed by atoms with van der Waals surface area (Å²) in [5, 5.41) is 0. The van der Waals surface area contributed by atoms with Crippen LogP contribution in [0.15, 0.2) is 36.7 Å². The zero-order valence-corrected chi connectivity index (χ0v) is 16.6. The lowest BCUT2D eigenvalue weighted by atomic mass is 9.89. The molecule has 2 aromatic rings. The number of aromatic nitrogens is 1. The van der Waals surface area contributed by atoms with Crippen molar-refractivity contribution in [2.24, 2.45) is 0 Å². The third-order valence-corrected chi connectivity index (χ3v) is 6.41. The summed E-state index contributed by atoms with van der Waals surface area (Å²) in [6.45, 7) is 5.23. The Hall–Kier alpha value is -2.71. The number of hydrogen-bond acceptors (Lipinski definition) is 5. The van der Waals surface area contributed by atoms with Crippen LogP contribution in [0.1, 0.15) is 23.5 Å². The van der Waals surface area contributed by atoms with Gasteiger partial charge in [0, 0.05) is 57.6 Å². The molecule has 3 aliphatic heterocycles. The van der Waals surface area contributed by atoms with Gasteiger partial charge >= 0.3 is 0 Å². The lowest BCUT2D eigenvalue weighted by Crippen LogP contribution is -2.49. The van der Waals surface area contributed by atoms with E-state index >= 15 is 0 Å². The molecule has 0 spiro atoms. The molecule has 0 aliphatic carbocycles. The molecule has 0 unspecified atom stereocenters. The summed E-state index contributed by atoms with van der Waals surface area (Å²) in [6.07, 6.45) is 4.72. The van der Waals surface area contributed by atoms with E-state index in [1.807, 2.05) is 6.07 Å². The molecule has 1 fully saturated rings. The van der Waals surface area contributed by atoms with Crippen LogP contribution in [-0.2, 0) is 0 Å². The number of anilines is 2. The first kappa shape index (κ1) is 17.4. The summed E-state index contributed by atoms with van der Waals surface area (Å²) in [6, 6.07) is 9.34. The normalized spacial score (nSPS) is 22.9. The Labute approximate surface area is 166 Å². The Kier molecular flexibility index (Phi) is 4.37. The van der Waals surface area contributed by atoms with Crippen LogP contribution < -0.4 is 14.5 Å². The smallest absolute Gasteiger partial charge is 0.137 e. The molecule has 2 atom stereocenters. The maximum atomic E-state index is 5.37. The number of ether oxygens (including phenoxy) is 1. The summed E-state index contributed by atoms with van der Waals surface area (Å²) in [4.78, 5) is 11.7. The van der Waals surface area contributed by atoms with Crippen molar-refractivity contribution in [3.05, 3.63) is 47.8 Å². The van der Waals surface area contributed by atoms with Crippen molar-refractivity contribution in [3.63, 3.8) is 0 Å². The second kappa shape index (κ2) is 7.03. The van der Waals surface area contributed by atoms with Crippen molar-refractivity contribution in [1.82, 2.24) is 9.88 Å². The zero-order chi connectivity index (χ0) is 19.1. The Balaban J connectivity index is 1.34. The molecule has 4 heterocycles. The molecule has 1 aromatic carbocycles. The van der Waals surface area contributed by atoms with Crippen LogP contribution in [0.2, 0.25) is 0 Å². The van der Waals surface area contributed by atoms with Crippen LogP contribution >= 0.6 is 0 Å². The van der Waals surface area contributed by atoms with Gasteiger partial charge in [-0.2, -0.15) is 0 Å². The number of likely N-dealkylation sites (tertiary alicyclic amines) is 1. The fourth-order valence-corrected chi connectivity index (χ4v) is 5.02. The molecule has 5 nitrogen and oxygen atoms in total. The van der Waals surface area contributed by atoms with Crippen molar-refractivity contribution in [2.45, 2.75) is 18.4 Å². The van der Waals surface area contributed by atoms with Gasteiger partial charge in [-0.1, -0.05) is 24.0 Å². The fourth-order valence-electron chi connectivity index (χ4n) is 5.02. The van der Waals surface area contributed by atoms with Crippen LogP contribution in [0, 0.1) is 11.8 Å². The van der Waals surface area contributed by atoms with Gasteiger partial charge in [-0.05, 0) is 24.1 Å². The third kappa shape index (κ3) is 2.80. The number of fused-ring (bicyclic) bond motifs is 3. The summed E-state index contributed by atoms with van der Waals surface area (Å²) in [5.41, 5.74) is 5.27. The van der Waals surface area contributed by atoms with E-state index in [-0.39, 0.29) is 0 Å². The highest BCUT2D eigenvalue weighted by Crippen LogP contribution is 2.50. The first-order valence-electron chi connectivity index (χ1n) is 10.1. The van der Waals surface area contributed by atoms with Gasteiger partial charge in [-0.3, -0.25) is 9.88 Å². The average Bonchev–Trinajstić information content (AvgIpc) is 3.05. The van der Waals surface area contributed by atoms with Crippen LogP contribution in [0.4, 0.5) is 11.4 Å². The average molecular weight is 374 g/mol. The Morgan fingerprint density at radius 3 is 3.04 bits per heavy atom. The van der Waals surface area contributed by atoms with Gasteiger partial charge in [-0.25, -0.2) is 0 Å². The van der Waals surface area contributed by atoms with Gasteiger partial charge in [0.25, 0.3) is 0 Å². The molecule has 28 heavy (non-hydrogen) atoms. The second-order valence-corrected chi connectivity index (χ2v) is 7.91. The maximum absolute atomic E-state index is 5.37. The van der Waals surface area contributed by atoms with E-state index in [0.29, 0.717) is 12.0 Å². The Bertz CT molecular complexity index is 947. The zero-order valence-electron chi connectivity index (χ0n) is 16.6. The minimum absolute atomic E-state index is 0.588. The van der Waals surface area contributed by atoms with Gasteiger partial charge in [0.05, 0.1) is 30.6 Å². The van der Waals surface area contributed by atoms with Crippen LogP contribution in [0.25, 0.3) is 0 Å². The van der Waals surface area contributed by atoms with Crippen molar-refractivity contribution in [3.8, 4) is 17.6 Å². The molecule has 144 valence electrons. The number of pyridine rings is 1. The van der Waals surface area contributed by atoms with Crippen molar-refractivity contribution in [2.75, 3.05) is 56.7 Å². The highest BCUT2D eigenvalue weighted by atomic mass is 16.5. The predicted octanol–water partition coefficient (Wildman–Crippen LogP) is 2.57. The van der Waals surface area contributed by atoms with Crippen molar-refractivity contribution >= 4 is 11.4 Å². The van der Waals surface area contributed by atoms with Crippen LogP contribution in [0.3, 0.4) is 0 Å². The van der Waals surface area contributed by atoms with E-state index in [2.05, 4.69) is 56.8 Å². The topological polar surface area (TPSA) is 31.8 Å². The van der Waals surface area contributed by atoms with E-state index in [1.165, 1.54) is 23.4 Å². The molecule has 1 aromatic heterocycles. The largest absolute Gasteiger partial charge is 0.495 e.